The third-order valence-corrected chi connectivity index (χ3v) is 4.78. The van der Waals surface area contributed by atoms with Crippen LogP contribution in [0.25, 0.3) is 0 Å². The van der Waals surface area contributed by atoms with Crippen molar-refractivity contribution in [3.05, 3.63) is 35.9 Å². The highest BCUT2D eigenvalue weighted by atomic mass is 19.3. The van der Waals surface area contributed by atoms with Gasteiger partial charge in [-0.3, -0.25) is 15.0 Å². The first kappa shape index (κ1) is 25.4. The smallest absolute Gasteiger partial charge is 0.411 e. The van der Waals surface area contributed by atoms with Crippen LogP contribution in [-0.4, -0.2) is 74.2 Å². The number of halogens is 4. The number of nitrogens with one attached hydrogen (secondary N) is 1. The number of likely N-dealkylation sites (tertiary alicyclic amines) is 1. The molecule has 2 atom stereocenters. The lowest BCUT2D eigenvalue weighted by Gasteiger charge is -2.21. The second-order valence-electron chi connectivity index (χ2n) is 7.28. The minimum Gasteiger partial charge on any atom is -0.468 e. The van der Waals surface area contributed by atoms with Crippen molar-refractivity contribution in [2.24, 2.45) is 0 Å². The average molecular weight is 464 g/mol. The van der Waals surface area contributed by atoms with E-state index in [4.69, 9.17) is 4.74 Å². The summed E-state index contributed by atoms with van der Waals surface area (Å²) >= 11 is 0. The number of amides is 1. The number of rotatable bonds is 4. The van der Waals surface area contributed by atoms with Crippen molar-refractivity contribution >= 4 is 18.0 Å². The first-order chi connectivity index (χ1) is 15.0. The molecule has 0 unspecified atom stereocenters. The van der Waals surface area contributed by atoms with Gasteiger partial charge in [0.25, 0.3) is 11.8 Å². The van der Waals surface area contributed by atoms with Crippen LogP contribution >= 0.6 is 0 Å². The van der Waals surface area contributed by atoms with Crippen molar-refractivity contribution in [1.82, 2.24) is 10.2 Å². The van der Waals surface area contributed by atoms with Crippen LogP contribution in [-0.2, 0) is 30.4 Å². The Hall–Kier alpha value is -2.89. The molecule has 3 rings (SSSR count). The molecular formula is C20H24F4N2O6. The molecule has 178 valence electrons. The maximum Gasteiger partial charge on any atom is 0.411 e. The number of benzene rings is 1. The lowest BCUT2D eigenvalue weighted by Crippen LogP contribution is -2.41. The zero-order chi connectivity index (χ0) is 23.9. The van der Waals surface area contributed by atoms with E-state index in [1.54, 1.807) is 30.3 Å². The largest absolute Gasteiger partial charge is 0.468 e. The number of carbonyl (C=O) groups excluding carboxylic acids is 3. The minimum atomic E-state index is -3.12. The predicted molar refractivity (Wildman–Crippen MR) is 102 cm³/mol. The Morgan fingerprint density at radius 3 is 2.16 bits per heavy atom. The lowest BCUT2D eigenvalue weighted by molar-refractivity contribution is -0.145. The van der Waals surface area contributed by atoms with Gasteiger partial charge in [-0.1, -0.05) is 30.3 Å². The van der Waals surface area contributed by atoms with E-state index in [0.717, 1.165) is 17.6 Å². The van der Waals surface area contributed by atoms with Crippen molar-refractivity contribution in [3.63, 3.8) is 0 Å². The average Bonchev–Trinajstić information content (AvgIpc) is 3.30. The van der Waals surface area contributed by atoms with Crippen LogP contribution in [0.5, 0.6) is 0 Å². The molecule has 2 saturated heterocycles. The molecule has 0 saturated carbocycles. The zero-order valence-electron chi connectivity index (χ0n) is 17.5. The number of methoxy groups -OCH3 is 2. The SMILES string of the molecule is COC(=O)[C@@H]1CC(F)(F)CN1.COC(=O)[C@@H]1CC(F)(F)CN1C(=O)OCc1ccccc1. The second kappa shape index (κ2) is 10.6. The van der Waals surface area contributed by atoms with E-state index in [-0.39, 0.29) is 6.61 Å². The Morgan fingerprint density at radius 2 is 1.62 bits per heavy atom. The molecule has 0 radical (unpaired) electrons. The zero-order valence-corrected chi connectivity index (χ0v) is 17.5. The number of esters is 2. The molecule has 2 heterocycles. The normalized spacial score (nSPS) is 23.0. The Balaban J connectivity index is 0.000000278. The molecule has 1 amide bonds. The van der Waals surface area contributed by atoms with Gasteiger partial charge >= 0.3 is 18.0 Å². The number of hydrogen-bond donors (Lipinski definition) is 1. The van der Waals surface area contributed by atoms with Crippen LogP contribution in [0, 0.1) is 0 Å². The Kier molecular flexibility index (Phi) is 8.42. The van der Waals surface area contributed by atoms with Gasteiger partial charge in [0, 0.05) is 12.8 Å². The van der Waals surface area contributed by atoms with Crippen molar-refractivity contribution < 1.29 is 46.2 Å². The molecular weight excluding hydrogens is 440 g/mol. The third-order valence-electron chi connectivity index (χ3n) is 4.78. The standard InChI is InChI=1S/C14H15F2NO4.C6H9F2NO2/c1-20-12(18)11-7-14(15,16)9-17(11)13(19)21-8-10-5-3-2-4-6-10;1-11-5(10)4-2-6(7,8)3-9-4/h2-6,11H,7-9H2,1H3;4,9H,2-3H2,1H3/t11-;4-/m00/s1. The fourth-order valence-corrected chi connectivity index (χ4v) is 3.18. The summed E-state index contributed by atoms with van der Waals surface area (Å²) in [5.74, 6) is -7.38. The number of ether oxygens (including phenoxy) is 3. The van der Waals surface area contributed by atoms with Crippen LogP contribution in [0.1, 0.15) is 18.4 Å². The molecule has 1 aromatic rings. The van der Waals surface area contributed by atoms with Crippen LogP contribution in [0.3, 0.4) is 0 Å². The molecule has 2 aliphatic heterocycles. The highest BCUT2D eigenvalue weighted by Gasteiger charge is 2.51. The van der Waals surface area contributed by atoms with Gasteiger partial charge in [-0.2, -0.15) is 0 Å². The Labute approximate surface area is 181 Å². The van der Waals surface area contributed by atoms with Crippen LogP contribution in [0.15, 0.2) is 30.3 Å². The molecule has 0 aromatic heterocycles. The molecule has 1 N–H and O–H groups in total. The number of hydrogen-bond acceptors (Lipinski definition) is 7. The van der Waals surface area contributed by atoms with Crippen LogP contribution in [0.2, 0.25) is 0 Å². The van der Waals surface area contributed by atoms with Gasteiger partial charge in [0.2, 0.25) is 0 Å². The molecule has 2 fully saturated rings. The maximum absolute atomic E-state index is 13.4. The highest BCUT2D eigenvalue weighted by molar-refractivity contribution is 5.82. The fraction of sp³-hybridized carbons (Fsp3) is 0.550. The van der Waals surface area contributed by atoms with Crippen molar-refractivity contribution in [2.45, 2.75) is 43.4 Å². The van der Waals surface area contributed by atoms with E-state index in [1.165, 1.54) is 7.11 Å². The molecule has 0 spiro atoms. The molecule has 32 heavy (non-hydrogen) atoms. The summed E-state index contributed by atoms with van der Waals surface area (Å²) in [5.41, 5.74) is 0.728. The van der Waals surface area contributed by atoms with Gasteiger partial charge in [-0.15, -0.1) is 0 Å². The molecule has 2 aliphatic rings. The van der Waals surface area contributed by atoms with E-state index in [1.807, 2.05) is 0 Å². The topological polar surface area (TPSA) is 94.2 Å². The number of nitrogens with zero attached hydrogens (tertiary/aromatic N) is 1. The van der Waals surface area contributed by atoms with Crippen molar-refractivity contribution in [3.8, 4) is 0 Å². The van der Waals surface area contributed by atoms with Gasteiger partial charge < -0.3 is 14.2 Å². The third kappa shape index (κ3) is 7.08. The summed E-state index contributed by atoms with van der Waals surface area (Å²) in [6, 6.07) is 6.67. The van der Waals surface area contributed by atoms with Gasteiger partial charge in [0.15, 0.2) is 0 Å². The summed E-state index contributed by atoms with van der Waals surface area (Å²) in [6.45, 7) is -1.33. The molecule has 0 aliphatic carbocycles. The van der Waals surface area contributed by atoms with Crippen molar-refractivity contribution in [1.29, 1.82) is 0 Å². The maximum atomic E-state index is 13.4. The summed E-state index contributed by atoms with van der Waals surface area (Å²) in [5, 5.41) is 2.37. The van der Waals surface area contributed by atoms with E-state index in [2.05, 4.69) is 14.8 Å². The highest BCUT2D eigenvalue weighted by Crippen LogP contribution is 2.33. The molecule has 0 bridgehead atoms. The lowest BCUT2D eigenvalue weighted by atomic mass is 10.2. The van der Waals surface area contributed by atoms with E-state index in [0.29, 0.717) is 0 Å². The van der Waals surface area contributed by atoms with E-state index in [9.17, 15) is 31.9 Å². The summed E-state index contributed by atoms with van der Waals surface area (Å²) < 4.78 is 65.4. The first-order valence-electron chi connectivity index (χ1n) is 9.60. The van der Waals surface area contributed by atoms with Gasteiger partial charge in [-0.05, 0) is 5.56 Å². The molecule has 8 nitrogen and oxygen atoms in total. The predicted octanol–water partition coefficient (Wildman–Crippen LogP) is 2.36. The van der Waals surface area contributed by atoms with Crippen LogP contribution < -0.4 is 5.32 Å². The quantitative estimate of drug-likeness (QED) is 0.415. The van der Waals surface area contributed by atoms with Gasteiger partial charge in [-0.25, -0.2) is 27.2 Å². The molecule has 1 aromatic carbocycles. The second-order valence-corrected chi connectivity index (χ2v) is 7.28. The van der Waals surface area contributed by atoms with E-state index >= 15 is 0 Å². The number of carbonyl (C=O) groups is 3. The summed E-state index contributed by atoms with van der Waals surface area (Å²) in [4.78, 5) is 34.8. The van der Waals surface area contributed by atoms with Gasteiger partial charge in [0.1, 0.15) is 18.7 Å². The number of alkyl halides is 4. The summed E-state index contributed by atoms with van der Waals surface area (Å²) in [7, 11) is 2.27. The van der Waals surface area contributed by atoms with Gasteiger partial charge in [0.05, 0.1) is 27.3 Å². The fourth-order valence-electron chi connectivity index (χ4n) is 3.18. The first-order valence-corrected chi connectivity index (χ1v) is 9.60. The van der Waals surface area contributed by atoms with E-state index < -0.39 is 67.9 Å². The summed E-state index contributed by atoms with van der Waals surface area (Å²) in [6.07, 6.45) is -2.16. The monoisotopic (exact) mass is 464 g/mol. The van der Waals surface area contributed by atoms with Crippen molar-refractivity contribution in [2.75, 3.05) is 27.3 Å². The molecule has 12 heteroatoms. The van der Waals surface area contributed by atoms with Crippen LogP contribution in [0.4, 0.5) is 22.4 Å². The Bertz CT molecular complexity index is 809. The minimum absolute atomic E-state index is 0.0460. The Morgan fingerprint density at radius 1 is 1.00 bits per heavy atom.